The Morgan fingerprint density at radius 1 is 1.50 bits per heavy atom. The van der Waals surface area contributed by atoms with Crippen molar-refractivity contribution in [2.24, 2.45) is 0 Å². The number of hydrogen-bond acceptors (Lipinski definition) is 0. The van der Waals surface area contributed by atoms with Crippen molar-refractivity contribution in [3.63, 3.8) is 0 Å². The topological polar surface area (TPSA) is 0 Å². The molecule has 0 bridgehead atoms. The van der Waals surface area contributed by atoms with E-state index in [1.54, 1.807) is 0 Å². The van der Waals surface area contributed by atoms with E-state index in [0.29, 0.717) is 0 Å². The lowest BCUT2D eigenvalue weighted by Gasteiger charge is -1.95. The van der Waals surface area contributed by atoms with Crippen LogP contribution in [0.3, 0.4) is 0 Å². The summed E-state index contributed by atoms with van der Waals surface area (Å²) in [5.41, 5.74) is 2.91. The fourth-order valence-electron chi connectivity index (χ4n) is 1.39. The highest BCUT2D eigenvalue weighted by molar-refractivity contribution is 5.31. The van der Waals surface area contributed by atoms with Crippen molar-refractivity contribution in [1.82, 2.24) is 0 Å². The zero-order valence-corrected chi connectivity index (χ0v) is 6.82. The highest BCUT2D eigenvalue weighted by Crippen LogP contribution is 2.28. The Bertz CT molecular complexity index is 151. The maximum atomic E-state index is 4.02. The zero-order valence-electron chi connectivity index (χ0n) is 6.82. The number of rotatable bonds is 2. The molecule has 1 saturated carbocycles. The molecule has 1 fully saturated rings. The van der Waals surface area contributed by atoms with Crippen LogP contribution in [-0.4, -0.2) is 0 Å². The Hall–Kier alpha value is -0.520. The van der Waals surface area contributed by atoms with Crippen molar-refractivity contribution >= 4 is 0 Å². The lowest BCUT2D eigenvalue weighted by Crippen LogP contribution is -1.75. The van der Waals surface area contributed by atoms with Gasteiger partial charge in [0, 0.05) is 0 Å². The quantitative estimate of drug-likeness (QED) is 0.545. The highest BCUT2D eigenvalue weighted by atomic mass is 14.1. The molecule has 0 spiro atoms. The van der Waals surface area contributed by atoms with Gasteiger partial charge in [-0.2, -0.15) is 0 Å². The van der Waals surface area contributed by atoms with E-state index in [-0.39, 0.29) is 0 Å². The van der Waals surface area contributed by atoms with Gasteiger partial charge < -0.3 is 0 Å². The van der Waals surface area contributed by atoms with Gasteiger partial charge in [-0.25, -0.2) is 0 Å². The van der Waals surface area contributed by atoms with Crippen LogP contribution >= 0.6 is 0 Å². The molecule has 0 heteroatoms. The first kappa shape index (κ1) is 7.59. The van der Waals surface area contributed by atoms with Crippen LogP contribution in [0, 0.1) is 0 Å². The molecule has 1 aliphatic rings. The summed E-state index contributed by atoms with van der Waals surface area (Å²) in [5, 5.41) is 0. The lowest BCUT2D eigenvalue weighted by molar-refractivity contribution is 0.917. The van der Waals surface area contributed by atoms with E-state index in [9.17, 15) is 0 Å². The predicted molar refractivity (Wildman–Crippen MR) is 46.0 cm³/mol. The van der Waals surface area contributed by atoms with Crippen molar-refractivity contribution in [3.8, 4) is 0 Å². The van der Waals surface area contributed by atoms with E-state index < -0.39 is 0 Å². The summed E-state index contributed by atoms with van der Waals surface area (Å²) in [6.45, 7) is 6.24. The number of hydrogen-bond donors (Lipinski definition) is 0. The van der Waals surface area contributed by atoms with E-state index in [4.69, 9.17) is 0 Å². The van der Waals surface area contributed by atoms with Gasteiger partial charge in [0.05, 0.1) is 0 Å². The van der Waals surface area contributed by atoms with E-state index in [0.717, 1.165) is 0 Å². The third-order valence-electron chi connectivity index (χ3n) is 2.06. The van der Waals surface area contributed by atoms with Crippen LogP contribution in [0.5, 0.6) is 0 Å². The summed E-state index contributed by atoms with van der Waals surface area (Å²) in [6, 6.07) is 0. The molecule has 0 radical (unpaired) electrons. The Morgan fingerprint density at radius 3 is 2.80 bits per heavy atom. The minimum absolute atomic E-state index is 1.23. The fourth-order valence-corrected chi connectivity index (χ4v) is 1.39. The Morgan fingerprint density at radius 2 is 2.30 bits per heavy atom. The first-order valence-electron chi connectivity index (χ1n) is 4.21. The maximum Gasteiger partial charge on any atom is -0.0276 e. The summed E-state index contributed by atoms with van der Waals surface area (Å²) in [7, 11) is 0. The van der Waals surface area contributed by atoms with Gasteiger partial charge >= 0.3 is 0 Å². The van der Waals surface area contributed by atoms with Gasteiger partial charge in [0.2, 0.25) is 0 Å². The fraction of sp³-hybridized carbons (Fsp3) is 0.600. The second kappa shape index (κ2) is 3.60. The van der Waals surface area contributed by atoms with Gasteiger partial charge in [-0.15, -0.1) is 0 Å². The molecule has 0 aromatic carbocycles. The van der Waals surface area contributed by atoms with E-state index in [2.05, 4.69) is 19.6 Å². The van der Waals surface area contributed by atoms with Gasteiger partial charge in [-0.05, 0) is 31.3 Å². The Balaban J connectivity index is 2.46. The van der Waals surface area contributed by atoms with Crippen molar-refractivity contribution in [1.29, 1.82) is 0 Å². The molecule has 10 heavy (non-hydrogen) atoms. The minimum atomic E-state index is 1.23. The molecule has 56 valence electrons. The lowest BCUT2D eigenvalue weighted by atomic mass is 10.1. The summed E-state index contributed by atoms with van der Waals surface area (Å²) >= 11 is 0. The molecule has 0 nitrogen and oxygen atoms in total. The molecule has 0 amide bonds. The average molecular weight is 136 g/mol. The SMILES string of the molecule is C=C1CCC/C1=C\CCC. The Labute approximate surface area is 63.6 Å². The first-order chi connectivity index (χ1) is 4.84. The normalized spacial score (nSPS) is 22.5. The van der Waals surface area contributed by atoms with Crippen LogP contribution in [0.1, 0.15) is 39.0 Å². The Kier molecular flexibility index (Phi) is 2.73. The van der Waals surface area contributed by atoms with E-state index in [1.807, 2.05) is 0 Å². The van der Waals surface area contributed by atoms with Crippen LogP contribution in [-0.2, 0) is 0 Å². The molecule has 0 N–H and O–H groups in total. The molecule has 0 aromatic rings. The number of allylic oxidation sites excluding steroid dienone is 3. The number of unbranched alkanes of at least 4 members (excludes halogenated alkanes) is 1. The van der Waals surface area contributed by atoms with Gasteiger partial charge in [-0.3, -0.25) is 0 Å². The standard InChI is InChI=1S/C10H16/c1-3-4-7-10-8-5-6-9(10)2/h7H,2-6,8H2,1H3/b10-7+. The van der Waals surface area contributed by atoms with E-state index >= 15 is 0 Å². The van der Waals surface area contributed by atoms with Crippen molar-refractivity contribution < 1.29 is 0 Å². The molecule has 0 unspecified atom stereocenters. The molecular weight excluding hydrogens is 120 g/mol. The smallest absolute Gasteiger partial charge is 0.0276 e. The zero-order chi connectivity index (χ0) is 7.40. The van der Waals surface area contributed by atoms with Gasteiger partial charge in [0.1, 0.15) is 0 Å². The molecule has 0 saturated heterocycles. The molecule has 0 atom stereocenters. The van der Waals surface area contributed by atoms with Gasteiger partial charge in [0.15, 0.2) is 0 Å². The third-order valence-corrected chi connectivity index (χ3v) is 2.06. The monoisotopic (exact) mass is 136 g/mol. The van der Waals surface area contributed by atoms with Gasteiger partial charge in [-0.1, -0.05) is 31.6 Å². The van der Waals surface area contributed by atoms with Crippen molar-refractivity contribution in [3.05, 3.63) is 23.8 Å². The predicted octanol–water partition coefficient (Wildman–Crippen LogP) is 3.45. The summed E-state index contributed by atoms with van der Waals surface area (Å²) in [4.78, 5) is 0. The second-order valence-corrected chi connectivity index (χ2v) is 2.98. The van der Waals surface area contributed by atoms with Crippen molar-refractivity contribution in [2.75, 3.05) is 0 Å². The van der Waals surface area contributed by atoms with Crippen LogP contribution in [0.15, 0.2) is 23.8 Å². The van der Waals surface area contributed by atoms with Crippen LogP contribution in [0.4, 0.5) is 0 Å². The molecule has 1 aliphatic carbocycles. The summed E-state index contributed by atoms with van der Waals surface area (Å²) in [6.07, 6.45) is 8.68. The second-order valence-electron chi connectivity index (χ2n) is 2.98. The summed E-state index contributed by atoms with van der Waals surface area (Å²) < 4.78 is 0. The highest BCUT2D eigenvalue weighted by Gasteiger charge is 2.09. The van der Waals surface area contributed by atoms with E-state index in [1.165, 1.54) is 43.3 Å². The molecule has 0 aliphatic heterocycles. The third kappa shape index (κ3) is 1.73. The van der Waals surface area contributed by atoms with Crippen molar-refractivity contribution in [2.45, 2.75) is 39.0 Å². The minimum Gasteiger partial charge on any atom is -0.0956 e. The van der Waals surface area contributed by atoms with Crippen LogP contribution in [0.25, 0.3) is 0 Å². The van der Waals surface area contributed by atoms with Gasteiger partial charge in [0.25, 0.3) is 0 Å². The van der Waals surface area contributed by atoms with Crippen LogP contribution < -0.4 is 0 Å². The average Bonchev–Trinajstić information content (AvgIpc) is 2.31. The molecular formula is C10H16. The largest absolute Gasteiger partial charge is 0.0956 e. The molecule has 0 aromatic heterocycles. The molecule has 0 heterocycles. The first-order valence-corrected chi connectivity index (χ1v) is 4.21. The van der Waals surface area contributed by atoms with Crippen LogP contribution in [0.2, 0.25) is 0 Å². The maximum absolute atomic E-state index is 4.02. The summed E-state index contributed by atoms with van der Waals surface area (Å²) in [5.74, 6) is 0. The molecule has 1 rings (SSSR count).